The van der Waals surface area contributed by atoms with E-state index in [0.717, 1.165) is 54.7 Å². The monoisotopic (exact) mass is 486 g/mol. The van der Waals surface area contributed by atoms with Crippen LogP contribution in [0.4, 0.5) is 0 Å². The highest BCUT2D eigenvalue weighted by atomic mass is 79.9. The van der Waals surface area contributed by atoms with E-state index in [0.29, 0.717) is 18.8 Å². The van der Waals surface area contributed by atoms with Crippen molar-refractivity contribution in [2.45, 2.75) is 51.3 Å². The molecular formula is C25H31BrN2O3. The molecular weight excluding hydrogens is 456 g/mol. The lowest BCUT2D eigenvalue weighted by Gasteiger charge is -2.16. The number of aliphatic hydroxyl groups excluding tert-OH is 1. The van der Waals surface area contributed by atoms with Crippen molar-refractivity contribution in [3.8, 4) is 11.5 Å². The maximum absolute atomic E-state index is 9.06. The molecule has 31 heavy (non-hydrogen) atoms. The van der Waals surface area contributed by atoms with Crippen LogP contribution in [-0.2, 0) is 13.0 Å². The number of nitrogens with one attached hydrogen (secondary N) is 1. The Morgan fingerprint density at radius 3 is 2.84 bits per heavy atom. The minimum absolute atomic E-state index is 0.224. The number of aromatic nitrogens is 1. The van der Waals surface area contributed by atoms with Crippen molar-refractivity contribution in [3.63, 3.8) is 0 Å². The standard InChI is InChI=1S/C25H31BrN2O3/c1-18(15-19-3-7-23-20(16-19)9-12-28(23)11-2-13-29)27-10-14-30-24-8-4-21(26)17-25(24)31-22-5-6-22/h3-4,7-9,12,16-18,22,27,29H,2,5-6,10-11,13-15H2,1H3/t18-/m1/s1. The highest BCUT2D eigenvalue weighted by Crippen LogP contribution is 2.35. The van der Waals surface area contributed by atoms with Gasteiger partial charge in [0.2, 0.25) is 0 Å². The molecule has 1 atom stereocenters. The van der Waals surface area contributed by atoms with Crippen molar-refractivity contribution < 1.29 is 14.6 Å². The lowest BCUT2D eigenvalue weighted by molar-refractivity contribution is 0.257. The van der Waals surface area contributed by atoms with Crippen LogP contribution in [0.2, 0.25) is 0 Å². The molecule has 1 saturated carbocycles. The van der Waals surface area contributed by atoms with Crippen LogP contribution in [0.5, 0.6) is 11.5 Å². The number of aryl methyl sites for hydroxylation is 1. The summed E-state index contributed by atoms with van der Waals surface area (Å²) in [5.41, 5.74) is 2.55. The molecule has 0 aliphatic heterocycles. The zero-order chi connectivity index (χ0) is 21.6. The van der Waals surface area contributed by atoms with Crippen LogP contribution in [0.3, 0.4) is 0 Å². The summed E-state index contributed by atoms with van der Waals surface area (Å²) in [6.45, 7) is 4.65. The second-order valence-electron chi connectivity index (χ2n) is 8.30. The summed E-state index contributed by atoms with van der Waals surface area (Å²) in [6, 6.07) is 15.1. The van der Waals surface area contributed by atoms with Crippen LogP contribution in [0.25, 0.3) is 10.9 Å². The molecule has 2 N–H and O–H groups in total. The van der Waals surface area contributed by atoms with E-state index >= 15 is 0 Å². The van der Waals surface area contributed by atoms with E-state index in [1.807, 2.05) is 18.2 Å². The summed E-state index contributed by atoms with van der Waals surface area (Å²) < 4.78 is 15.2. The van der Waals surface area contributed by atoms with Crippen LogP contribution in [0.1, 0.15) is 31.7 Å². The Morgan fingerprint density at radius 2 is 2.03 bits per heavy atom. The molecule has 5 nitrogen and oxygen atoms in total. The van der Waals surface area contributed by atoms with Gasteiger partial charge in [0.1, 0.15) is 6.61 Å². The van der Waals surface area contributed by atoms with E-state index in [1.54, 1.807) is 0 Å². The number of hydrogen-bond acceptors (Lipinski definition) is 4. The largest absolute Gasteiger partial charge is 0.488 e. The van der Waals surface area contributed by atoms with Crippen molar-refractivity contribution in [2.75, 3.05) is 19.8 Å². The van der Waals surface area contributed by atoms with Gasteiger partial charge in [0, 0.05) is 41.9 Å². The molecule has 3 aromatic rings. The van der Waals surface area contributed by atoms with Gasteiger partial charge in [-0.1, -0.05) is 22.0 Å². The van der Waals surface area contributed by atoms with Crippen LogP contribution in [0, 0.1) is 0 Å². The minimum atomic E-state index is 0.224. The first-order valence-corrected chi connectivity index (χ1v) is 11.9. The molecule has 6 heteroatoms. The van der Waals surface area contributed by atoms with Gasteiger partial charge in [0.25, 0.3) is 0 Å². The molecule has 0 amide bonds. The van der Waals surface area contributed by atoms with Gasteiger partial charge >= 0.3 is 0 Å². The summed E-state index contributed by atoms with van der Waals surface area (Å²) >= 11 is 3.51. The Hall–Kier alpha value is -2.02. The van der Waals surface area contributed by atoms with Gasteiger partial charge in [0.15, 0.2) is 11.5 Å². The predicted octanol–water partition coefficient (Wildman–Crippen LogP) is 4.93. The fourth-order valence-electron chi connectivity index (χ4n) is 3.76. The van der Waals surface area contributed by atoms with Gasteiger partial charge < -0.3 is 24.5 Å². The quantitative estimate of drug-likeness (QED) is 0.356. The van der Waals surface area contributed by atoms with Crippen molar-refractivity contribution in [1.82, 2.24) is 9.88 Å². The van der Waals surface area contributed by atoms with Crippen molar-refractivity contribution >= 4 is 26.8 Å². The lowest BCUT2D eigenvalue weighted by atomic mass is 10.1. The summed E-state index contributed by atoms with van der Waals surface area (Å²) in [6.07, 6.45) is 6.45. The SMILES string of the molecule is C[C@H](Cc1ccc2c(ccn2CCCO)c1)NCCOc1ccc(Br)cc1OC1CC1. The van der Waals surface area contributed by atoms with E-state index in [9.17, 15) is 0 Å². The number of rotatable bonds is 12. The third kappa shape index (κ3) is 6.25. The Morgan fingerprint density at radius 1 is 1.16 bits per heavy atom. The van der Waals surface area contributed by atoms with Crippen LogP contribution < -0.4 is 14.8 Å². The van der Waals surface area contributed by atoms with E-state index in [2.05, 4.69) is 63.2 Å². The first-order chi connectivity index (χ1) is 15.1. The number of ether oxygens (including phenoxy) is 2. The second kappa shape index (κ2) is 10.5. The number of aliphatic hydroxyl groups is 1. The maximum Gasteiger partial charge on any atom is 0.162 e. The van der Waals surface area contributed by atoms with E-state index in [-0.39, 0.29) is 6.61 Å². The van der Waals surface area contributed by atoms with Gasteiger partial charge in [-0.15, -0.1) is 0 Å². The highest BCUT2D eigenvalue weighted by molar-refractivity contribution is 9.10. The topological polar surface area (TPSA) is 55.7 Å². The smallest absolute Gasteiger partial charge is 0.162 e. The van der Waals surface area contributed by atoms with Crippen LogP contribution in [-0.4, -0.2) is 41.6 Å². The predicted molar refractivity (Wildman–Crippen MR) is 128 cm³/mol. The molecule has 0 bridgehead atoms. The number of nitrogens with zero attached hydrogens (tertiary/aromatic N) is 1. The maximum atomic E-state index is 9.06. The molecule has 0 unspecified atom stereocenters. The third-order valence-corrected chi connectivity index (χ3v) is 6.00. The average molecular weight is 487 g/mol. The zero-order valence-corrected chi connectivity index (χ0v) is 19.6. The molecule has 1 aliphatic rings. The zero-order valence-electron chi connectivity index (χ0n) is 18.0. The van der Waals surface area contributed by atoms with Crippen molar-refractivity contribution in [1.29, 1.82) is 0 Å². The Bertz CT molecular complexity index is 1000. The normalized spacial score (nSPS) is 14.7. The molecule has 1 heterocycles. The Balaban J connectivity index is 1.24. The highest BCUT2D eigenvalue weighted by Gasteiger charge is 2.25. The molecule has 0 radical (unpaired) electrons. The number of halogens is 1. The Kier molecular flexibility index (Phi) is 7.54. The summed E-state index contributed by atoms with van der Waals surface area (Å²) in [7, 11) is 0. The molecule has 0 spiro atoms. The number of hydrogen-bond donors (Lipinski definition) is 2. The first kappa shape index (κ1) is 22.2. The second-order valence-corrected chi connectivity index (χ2v) is 9.21. The first-order valence-electron chi connectivity index (χ1n) is 11.1. The van der Waals surface area contributed by atoms with Crippen molar-refractivity contribution in [2.24, 2.45) is 0 Å². The van der Waals surface area contributed by atoms with Crippen LogP contribution in [0.15, 0.2) is 53.1 Å². The van der Waals surface area contributed by atoms with E-state index in [4.69, 9.17) is 14.6 Å². The molecule has 4 rings (SSSR count). The van der Waals surface area contributed by atoms with Gasteiger partial charge in [-0.2, -0.15) is 0 Å². The third-order valence-electron chi connectivity index (χ3n) is 5.51. The minimum Gasteiger partial charge on any atom is -0.488 e. The van der Waals surface area contributed by atoms with Gasteiger partial charge in [-0.25, -0.2) is 0 Å². The van der Waals surface area contributed by atoms with Gasteiger partial charge in [-0.05, 0) is 80.0 Å². The molecule has 166 valence electrons. The summed E-state index contributed by atoms with van der Waals surface area (Å²) in [5, 5.41) is 13.9. The van der Waals surface area contributed by atoms with Gasteiger partial charge in [-0.3, -0.25) is 0 Å². The van der Waals surface area contributed by atoms with E-state index < -0.39 is 0 Å². The fraction of sp³-hybridized carbons (Fsp3) is 0.440. The summed E-state index contributed by atoms with van der Waals surface area (Å²) in [5.74, 6) is 1.63. The van der Waals surface area contributed by atoms with Crippen molar-refractivity contribution in [3.05, 3.63) is 58.7 Å². The molecule has 0 saturated heterocycles. The molecule has 1 aliphatic carbocycles. The van der Waals surface area contributed by atoms with E-state index in [1.165, 1.54) is 16.5 Å². The Labute approximate surface area is 192 Å². The number of fused-ring (bicyclic) bond motifs is 1. The number of benzene rings is 2. The molecule has 1 aromatic heterocycles. The summed E-state index contributed by atoms with van der Waals surface area (Å²) in [4.78, 5) is 0. The fourth-order valence-corrected chi connectivity index (χ4v) is 4.10. The van der Waals surface area contributed by atoms with Gasteiger partial charge in [0.05, 0.1) is 6.10 Å². The molecule has 1 fully saturated rings. The lowest BCUT2D eigenvalue weighted by Crippen LogP contribution is -2.31. The average Bonchev–Trinajstić information content (AvgIpc) is 3.48. The van der Waals surface area contributed by atoms with Crippen LogP contribution >= 0.6 is 15.9 Å². The molecule has 2 aromatic carbocycles.